The summed E-state index contributed by atoms with van der Waals surface area (Å²) >= 11 is 0. The van der Waals surface area contributed by atoms with E-state index in [1.54, 1.807) is 0 Å². The van der Waals surface area contributed by atoms with Crippen LogP contribution in [-0.4, -0.2) is 48.0 Å². The minimum absolute atomic E-state index is 0.116. The van der Waals surface area contributed by atoms with Crippen LogP contribution in [0.2, 0.25) is 0 Å². The number of rotatable bonds is 6. The molecule has 0 spiro atoms. The highest BCUT2D eigenvalue weighted by atomic mass is 16.5. The van der Waals surface area contributed by atoms with E-state index in [4.69, 9.17) is 4.74 Å². The number of ether oxygens (including phenoxy) is 1. The molecule has 2 saturated heterocycles. The molecule has 4 heteroatoms. The Morgan fingerprint density at radius 3 is 2.30 bits per heavy atom. The van der Waals surface area contributed by atoms with Crippen molar-refractivity contribution in [3.8, 4) is 5.75 Å². The maximum Gasteiger partial charge on any atom is 0.257 e. The highest BCUT2D eigenvalue weighted by Gasteiger charge is 2.25. The Labute approximate surface area is 180 Å². The summed E-state index contributed by atoms with van der Waals surface area (Å²) in [7, 11) is 0. The lowest BCUT2D eigenvalue weighted by atomic mass is 10.0. The first-order valence-corrected chi connectivity index (χ1v) is 11.5. The molecule has 160 valence electrons. The van der Waals surface area contributed by atoms with Crippen LogP contribution in [0.5, 0.6) is 5.75 Å². The number of para-hydroxylation sites is 1. The molecule has 0 saturated carbocycles. The van der Waals surface area contributed by atoms with Gasteiger partial charge in [0.1, 0.15) is 11.9 Å². The fourth-order valence-corrected chi connectivity index (χ4v) is 4.47. The van der Waals surface area contributed by atoms with Gasteiger partial charge >= 0.3 is 0 Å². The van der Waals surface area contributed by atoms with E-state index in [0.717, 1.165) is 64.2 Å². The summed E-state index contributed by atoms with van der Waals surface area (Å²) in [6.45, 7) is 9.24. The molecule has 0 aromatic heterocycles. The number of likely N-dealkylation sites (tertiary alicyclic amines) is 2. The van der Waals surface area contributed by atoms with Gasteiger partial charge in [-0.15, -0.1) is 0 Å². The molecule has 2 aliphatic rings. The van der Waals surface area contributed by atoms with Gasteiger partial charge in [-0.3, -0.25) is 9.69 Å². The van der Waals surface area contributed by atoms with Gasteiger partial charge in [0.2, 0.25) is 0 Å². The minimum Gasteiger partial charge on any atom is -0.489 e. The molecule has 0 aliphatic carbocycles. The van der Waals surface area contributed by atoms with Crippen LogP contribution in [0.4, 0.5) is 0 Å². The fraction of sp³-hybridized carbons (Fsp3) is 0.500. The Morgan fingerprint density at radius 2 is 1.63 bits per heavy atom. The van der Waals surface area contributed by atoms with E-state index in [-0.39, 0.29) is 12.0 Å². The second-order valence-corrected chi connectivity index (χ2v) is 8.99. The standard InChI is InChI=1S/C26H34N2O2/c1-20(2)22-11-9-21(10-12-22)19-27-17-13-23(14-18-27)30-25-8-4-3-7-24(25)26(29)28-15-5-6-16-28/h3-4,7-12,20,23H,5-6,13-19H2,1-2H3. The lowest BCUT2D eigenvalue weighted by molar-refractivity contribution is 0.0765. The van der Waals surface area contributed by atoms with Crippen molar-refractivity contribution in [2.24, 2.45) is 0 Å². The van der Waals surface area contributed by atoms with Crippen LogP contribution in [0.25, 0.3) is 0 Å². The van der Waals surface area contributed by atoms with Crippen molar-refractivity contribution in [2.75, 3.05) is 26.2 Å². The van der Waals surface area contributed by atoms with Gasteiger partial charge in [0, 0.05) is 32.7 Å². The topological polar surface area (TPSA) is 32.8 Å². The molecular weight excluding hydrogens is 372 g/mol. The maximum atomic E-state index is 12.9. The van der Waals surface area contributed by atoms with Crippen LogP contribution >= 0.6 is 0 Å². The quantitative estimate of drug-likeness (QED) is 0.670. The van der Waals surface area contributed by atoms with Crippen molar-refractivity contribution in [3.63, 3.8) is 0 Å². The molecule has 4 nitrogen and oxygen atoms in total. The molecule has 2 heterocycles. The first-order chi connectivity index (χ1) is 14.6. The van der Waals surface area contributed by atoms with Gasteiger partial charge in [0.05, 0.1) is 5.56 Å². The maximum absolute atomic E-state index is 12.9. The van der Waals surface area contributed by atoms with E-state index in [0.29, 0.717) is 11.5 Å². The molecule has 0 bridgehead atoms. The summed E-state index contributed by atoms with van der Waals surface area (Å²) in [6, 6.07) is 16.8. The SMILES string of the molecule is CC(C)c1ccc(CN2CCC(Oc3ccccc3C(=O)N3CCCC3)CC2)cc1. The second kappa shape index (κ2) is 9.65. The molecule has 0 radical (unpaired) electrons. The summed E-state index contributed by atoms with van der Waals surface area (Å²) in [6.07, 6.45) is 4.38. The number of hydrogen-bond donors (Lipinski definition) is 0. The van der Waals surface area contributed by atoms with Crippen molar-refractivity contribution in [3.05, 3.63) is 65.2 Å². The molecule has 2 fully saturated rings. The monoisotopic (exact) mass is 406 g/mol. The van der Waals surface area contributed by atoms with Crippen LogP contribution < -0.4 is 4.74 Å². The van der Waals surface area contributed by atoms with Gasteiger partial charge in [0.25, 0.3) is 5.91 Å². The number of piperidine rings is 1. The zero-order chi connectivity index (χ0) is 20.9. The third-order valence-electron chi connectivity index (χ3n) is 6.39. The van der Waals surface area contributed by atoms with E-state index in [1.165, 1.54) is 11.1 Å². The zero-order valence-corrected chi connectivity index (χ0v) is 18.3. The molecule has 0 N–H and O–H groups in total. The van der Waals surface area contributed by atoms with Gasteiger partial charge < -0.3 is 9.64 Å². The van der Waals surface area contributed by atoms with Crippen molar-refractivity contribution in [1.29, 1.82) is 0 Å². The molecule has 2 aromatic rings. The number of benzene rings is 2. The molecule has 4 rings (SSSR count). The average Bonchev–Trinajstić information content (AvgIpc) is 3.30. The lowest BCUT2D eigenvalue weighted by Crippen LogP contribution is -2.38. The average molecular weight is 407 g/mol. The normalized spacial score (nSPS) is 18.2. The molecule has 1 amide bonds. The van der Waals surface area contributed by atoms with Crippen LogP contribution in [0.1, 0.15) is 66.9 Å². The minimum atomic E-state index is 0.116. The fourth-order valence-electron chi connectivity index (χ4n) is 4.47. The molecule has 0 atom stereocenters. The highest BCUT2D eigenvalue weighted by Crippen LogP contribution is 2.26. The Morgan fingerprint density at radius 1 is 0.967 bits per heavy atom. The van der Waals surface area contributed by atoms with Crippen LogP contribution in [0, 0.1) is 0 Å². The highest BCUT2D eigenvalue weighted by molar-refractivity contribution is 5.97. The lowest BCUT2D eigenvalue weighted by Gasteiger charge is -2.32. The van der Waals surface area contributed by atoms with Gasteiger partial charge in [0.15, 0.2) is 0 Å². The van der Waals surface area contributed by atoms with Gasteiger partial charge in [-0.2, -0.15) is 0 Å². The van der Waals surface area contributed by atoms with Crippen molar-refractivity contribution in [2.45, 2.75) is 58.1 Å². The summed E-state index contributed by atoms with van der Waals surface area (Å²) < 4.78 is 6.33. The Bertz CT molecular complexity index is 832. The van der Waals surface area contributed by atoms with E-state index < -0.39 is 0 Å². The van der Waals surface area contributed by atoms with Gasteiger partial charge in [-0.25, -0.2) is 0 Å². The first-order valence-electron chi connectivity index (χ1n) is 11.5. The number of carbonyl (C=O) groups is 1. The van der Waals surface area contributed by atoms with Gasteiger partial charge in [-0.05, 0) is 54.9 Å². The molecule has 0 unspecified atom stereocenters. The first kappa shape index (κ1) is 20.9. The van der Waals surface area contributed by atoms with Crippen molar-refractivity contribution < 1.29 is 9.53 Å². The summed E-state index contributed by atoms with van der Waals surface area (Å²) in [4.78, 5) is 17.3. The summed E-state index contributed by atoms with van der Waals surface area (Å²) in [5.41, 5.74) is 3.49. The number of nitrogens with zero attached hydrogens (tertiary/aromatic N) is 2. The molecule has 2 aliphatic heterocycles. The zero-order valence-electron chi connectivity index (χ0n) is 18.3. The smallest absolute Gasteiger partial charge is 0.257 e. The molecular formula is C26H34N2O2. The summed E-state index contributed by atoms with van der Waals surface area (Å²) in [5, 5.41) is 0. The van der Waals surface area contributed by atoms with E-state index >= 15 is 0 Å². The van der Waals surface area contributed by atoms with E-state index in [2.05, 4.69) is 43.0 Å². The number of carbonyl (C=O) groups excluding carboxylic acids is 1. The summed E-state index contributed by atoms with van der Waals surface area (Å²) in [5.74, 6) is 1.44. The molecule has 30 heavy (non-hydrogen) atoms. The van der Waals surface area contributed by atoms with Gasteiger partial charge in [-0.1, -0.05) is 50.2 Å². The number of hydrogen-bond acceptors (Lipinski definition) is 3. The van der Waals surface area contributed by atoms with E-state index in [9.17, 15) is 4.79 Å². The Balaban J connectivity index is 1.31. The number of amides is 1. The Kier molecular flexibility index (Phi) is 6.73. The third-order valence-corrected chi connectivity index (χ3v) is 6.39. The van der Waals surface area contributed by atoms with Crippen LogP contribution in [-0.2, 0) is 6.54 Å². The Hall–Kier alpha value is -2.33. The van der Waals surface area contributed by atoms with E-state index in [1.807, 2.05) is 29.2 Å². The molecule has 2 aromatic carbocycles. The van der Waals surface area contributed by atoms with Crippen molar-refractivity contribution >= 4 is 5.91 Å². The van der Waals surface area contributed by atoms with Crippen molar-refractivity contribution in [1.82, 2.24) is 9.80 Å². The predicted molar refractivity (Wildman–Crippen MR) is 121 cm³/mol. The van der Waals surface area contributed by atoms with Crippen LogP contribution in [0.15, 0.2) is 48.5 Å². The van der Waals surface area contributed by atoms with Crippen LogP contribution in [0.3, 0.4) is 0 Å². The third kappa shape index (κ3) is 5.04. The predicted octanol–water partition coefficient (Wildman–Crippen LogP) is 5.09. The second-order valence-electron chi connectivity index (χ2n) is 8.99. The largest absolute Gasteiger partial charge is 0.489 e.